The summed E-state index contributed by atoms with van der Waals surface area (Å²) in [6.45, 7) is 6.75. The Hall–Kier alpha value is -1.75. The zero-order valence-corrected chi connectivity index (χ0v) is 15.2. The van der Waals surface area contributed by atoms with E-state index >= 15 is 0 Å². The number of fused-ring (bicyclic) bond motifs is 1. The molecule has 138 valence electrons. The summed E-state index contributed by atoms with van der Waals surface area (Å²) < 4.78 is 16.3. The van der Waals surface area contributed by atoms with E-state index < -0.39 is 12.1 Å². The van der Waals surface area contributed by atoms with E-state index in [9.17, 15) is 9.90 Å². The minimum absolute atomic E-state index is 0.0948. The van der Waals surface area contributed by atoms with Crippen molar-refractivity contribution >= 4 is 5.97 Å². The van der Waals surface area contributed by atoms with Crippen molar-refractivity contribution in [3.63, 3.8) is 0 Å². The molecule has 5 heteroatoms. The number of ether oxygens (including phenoxy) is 3. The van der Waals surface area contributed by atoms with Gasteiger partial charge in [0.25, 0.3) is 0 Å². The van der Waals surface area contributed by atoms with Gasteiger partial charge in [0, 0.05) is 6.42 Å². The molecule has 0 unspecified atom stereocenters. The highest BCUT2D eigenvalue weighted by Crippen LogP contribution is 2.36. The van der Waals surface area contributed by atoms with Crippen LogP contribution in [0.2, 0.25) is 0 Å². The molecule has 1 fully saturated rings. The van der Waals surface area contributed by atoms with Gasteiger partial charge in [-0.25, -0.2) is 4.79 Å². The molecule has 0 saturated heterocycles. The van der Waals surface area contributed by atoms with E-state index in [4.69, 9.17) is 14.2 Å². The highest BCUT2D eigenvalue weighted by Gasteiger charge is 2.34. The van der Waals surface area contributed by atoms with Crippen LogP contribution in [-0.2, 0) is 16.0 Å². The number of carbonyl (C=O) groups excluding carboxylic acids is 1. The first-order chi connectivity index (χ1) is 11.9. The lowest BCUT2D eigenvalue weighted by Crippen LogP contribution is -2.39. The Kier molecular flexibility index (Phi) is 5.52. The number of aliphatic hydroxyl groups is 1. The van der Waals surface area contributed by atoms with Crippen LogP contribution in [0.5, 0.6) is 11.5 Å². The number of hydrogen-bond donors (Lipinski definition) is 1. The second-order valence-electron chi connectivity index (χ2n) is 7.71. The number of rotatable bonds is 5. The second kappa shape index (κ2) is 7.65. The smallest absolute Gasteiger partial charge is 0.335 e. The SMILES string of the molecule is CC(C)[C@@H]1CC[C@@H](C)C[C@H]1OC(=O)[C@H](O)Cc1ccc2c(c1)OCO2. The second-order valence-corrected chi connectivity index (χ2v) is 7.71. The normalized spacial score (nSPS) is 26.5. The molecule has 0 spiro atoms. The molecule has 25 heavy (non-hydrogen) atoms. The van der Waals surface area contributed by atoms with Crippen LogP contribution in [0.1, 0.15) is 45.6 Å². The standard InChI is InChI=1S/C20H28O5/c1-12(2)15-6-4-13(3)8-18(15)25-20(22)16(21)9-14-5-7-17-19(10-14)24-11-23-17/h5,7,10,12-13,15-16,18,21H,4,6,8-9,11H2,1-3H3/t13-,15+,16-,18-/m1/s1. The van der Waals surface area contributed by atoms with Crippen molar-refractivity contribution in [1.29, 1.82) is 0 Å². The molecule has 4 atom stereocenters. The van der Waals surface area contributed by atoms with E-state index in [2.05, 4.69) is 20.8 Å². The molecule has 1 N–H and O–H groups in total. The number of hydrogen-bond acceptors (Lipinski definition) is 5. The van der Waals surface area contributed by atoms with Crippen molar-refractivity contribution in [3.05, 3.63) is 23.8 Å². The predicted octanol–water partition coefficient (Wildman–Crippen LogP) is 3.32. The van der Waals surface area contributed by atoms with Gasteiger partial charge in [0.2, 0.25) is 6.79 Å². The topological polar surface area (TPSA) is 65.0 Å². The van der Waals surface area contributed by atoms with Gasteiger partial charge in [-0.2, -0.15) is 0 Å². The van der Waals surface area contributed by atoms with Crippen molar-refractivity contribution in [1.82, 2.24) is 0 Å². The Morgan fingerprint density at radius 1 is 1.28 bits per heavy atom. The summed E-state index contributed by atoms with van der Waals surface area (Å²) in [7, 11) is 0. The summed E-state index contributed by atoms with van der Waals surface area (Å²) in [5, 5.41) is 10.3. The van der Waals surface area contributed by atoms with Crippen LogP contribution in [0.4, 0.5) is 0 Å². The number of esters is 1. The molecule has 2 aliphatic rings. The van der Waals surface area contributed by atoms with Gasteiger partial charge in [0.1, 0.15) is 6.10 Å². The molecule has 1 aromatic rings. The summed E-state index contributed by atoms with van der Waals surface area (Å²) in [5.41, 5.74) is 0.825. The summed E-state index contributed by atoms with van der Waals surface area (Å²) >= 11 is 0. The molecule has 1 heterocycles. The maximum absolute atomic E-state index is 12.4. The van der Waals surface area contributed by atoms with E-state index in [1.165, 1.54) is 6.42 Å². The molecule has 3 rings (SSSR count). The minimum atomic E-state index is -1.16. The molecule has 0 amide bonds. The Morgan fingerprint density at radius 2 is 2.04 bits per heavy atom. The Bertz CT molecular complexity index is 612. The molecule has 5 nitrogen and oxygen atoms in total. The maximum atomic E-state index is 12.4. The fourth-order valence-electron chi connectivity index (χ4n) is 3.85. The van der Waals surface area contributed by atoms with Gasteiger partial charge in [-0.3, -0.25) is 0 Å². The Labute approximate surface area is 149 Å². The lowest BCUT2D eigenvalue weighted by Gasteiger charge is -2.37. The monoisotopic (exact) mass is 348 g/mol. The van der Waals surface area contributed by atoms with E-state index in [1.54, 1.807) is 12.1 Å². The lowest BCUT2D eigenvalue weighted by molar-refractivity contribution is -0.165. The Balaban J connectivity index is 1.60. The zero-order chi connectivity index (χ0) is 18.0. The first-order valence-electron chi connectivity index (χ1n) is 9.21. The first-order valence-corrected chi connectivity index (χ1v) is 9.21. The van der Waals surface area contributed by atoms with E-state index in [0.29, 0.717) is 29.3 Å². The van der Waals surface area contributed by atoms with E-state index in [1.807, 2.05) is 6.07 Å². The van der Waals surface area contributed by atoms with Gasteiger partial charge in [0.15, 0.2) is 17.6 Å². The number of carbonyl (C=O) groups is 1. The van der Waals surface area contributed by atoms with Gasteiger partial charge in [-0.1, -0.05) is 33.3 Å². The van der Waals surface area contributed by atoms with Crippen LogP contribution in [0.25, 0.3) is 0 Å². The highest BCUT2D eigenvalue weighted by atomic mass is 16.7. The van der Waals surface area contributed by atoms with Crippen molar-refractivity contribution in [2.24, 2.45) is 17.8 Å². The molecule has 0 radical (unpaired) electrons. The fraction of sp³-hybridized carbons (Fsp3) is 0.650. The van der Waals surface area contributed by atoms with Gasteiger partial charge >= 0.3 is 5.97 Å². The summed E-state index contributed by atoms with van der Waals surface area (Å²) in [6, 6.07) is 5.44. The molecule has 1 aliphatic carbocycles. The first kappa shape index (κ1) is 18.1. The molecule has 1 saturated carbocycles. The Morgan fingerprint density at radius 3 is 2.80 bits per heavy atom. The zero-order valence-electron chi connectivity index (χ0n) is 15.2. The van der Waals surface area contributed by atoms with Gasteiger partial charge in [-0.15, -0.1) is 0 Å². The third kappa shape index (κ3) is 4.27. The minimum Gasteiger partial charge on any atom is -0.460 e. The molecule has 1 aromatic carbocycles. The fourth-order valence-corrected chi connectivity index (χ4v) is 3.85. The van der Waals surface area contributed by atoms with Crippen LogP contribution in [0.15, 0.2) is 18.2 Å². The van der Waals surface area contributed by atoms with Gasteiger partial charge < -0.3 is 19.3 Å². The van der Waals surface area contributed by atoms with Crippen LogP contribution in [0.3, 0.4) is 0 Å². The van der Waals surface area contributed by atoms with Gasteiger partial charge in [-0.05, 0) is 48.3 Å². The summed E-state index contributed by atoms with van der Waals surface area (Å²) in [6.07, 6.45) is 2.09. The van der Waals surface area contributed by atoms with E-state index in [0.717, 1.165) is 18.4 Å². The van der Waals surface area contributed by atoms with Crippen molar-refractivity contribution in [3.8, 4) is 11.5 Å². The largest absolute Gasteiger partial charge is 0.460 e. The molecular formula is C20H28O5. The highest BCUT2D eigenvalue weighted by molar-refractivity contribution is 5.75. The third-order valence-electron chi connectivity index (χ3n) is 5.37. The molecular weight excluding hydrogens is 320 g/mol. The lowest BCUT2D eigenvalue weighted by atomic mass is 9.75. The summed E-state index contributed by atoms with van der Waals surface area (Å²) in [4.78, 5) is 12.4. The number of aliphatic hydroxyl groups excluding tert-OH is 1. The van der Waals surface area contributed by atoms with Crippen molar-refractivity contribution < 1.29 is 24.1 Å². The average Bonchev–Trinajstić information content (AvgIpc) is 3.02. The summed E-state index contributed by atoms with van der Waals surface area (Å²) in [5.74, 6) is 2.21. The molecule has 1 aliphatic heterocycles. The number of benzene rings is 1. The van der Waals surface area contributed by atoms with Gasteiger partial charge in [0.05, 0.1) is 0 Å². The maximum Gasteiger partial charge on any atom is 0.335 e. The van der Waals surface area contributed by atoms with E-state index in [-0.39, 0.29) is 19.3 Å². The average molecular weight is 348 g/mol. The van der Waals surface area contributed by atoms with Crippen molar-refractivity contribution in [2.75, 3.05) is 6.79 Å². The quantitative estimate of drug-likeness (QED) is 0.827. The third-order valence-corrected chi connectivity index (χ3v) is 5.37. The van der Waals surface area contributed by atoms with Crippen LogP contribution >= 0.6 is 0 Å². The van der Waals surface area contributed by atoms with Crippen LogP contribution in [-0.4, -0.2) is 30.1 Å². The van der Waals surface area contributed by atoms with Crippen LogP contribution in [0, 0.1) is 17.8 Å². The van der Waals surface area contributed by atoms with Crippen molar-refractivity contribution in [2.45, 2.75) is 58.7 Å². The predicted molar refractivity (Wildman–Crippen MR) is 93.5 cm³/mol. The molecule has 0 bridgehead atoms. The van der Waals surface area contributed by atoms with Crippen LogP contribution < -0.4 is 9.47 Å². The molecule has 0 aromatic heterocycles.